The first-order chi connectivity index (χ1) is 14.1. The van der Waals surface area contributed by atoms with Crippen molar-refractivity contribution in [3.8, 4) is 0 Å². The number of unbranched alkanes of at least 4 members (excludes halogenated alkanes) is 11. The van der Waals surface area contributed by atoms with E-state index in [2.05, 4.69) is 24.4 Å². The van der Waals surface area contributed by atoms with Gasteiger partial charge in [0.25, 0.3) is 0 Å². The van der Waals surface area contributed by atoms with Crippen LogP contribution < -0.4 is 5.32 Å². The van der Waals surface area contributed by atoms with E-state index in [0.717, 1.165) is 12.8 Å². The van der Waals surface area contributed by atoms with Gasteiger partial charge in [0.05, 0.1) is 0 Å². The van der Waals surface area contributed by atoms with Crippen LogP contribution >= 0.6 is 0 Å². The highest BCUT2D eigenvalue weighted by Gasteiger charge is 2.13. The zero-order valence-electron chi connectivity index (χ0n) is 19.2. The fourth-order valence-electron chi connectivity index (χ4n) is 3.35. The van der Waals surface area contributed by atoms with Crippen molar-refractivity contribution in [3.05, 3.63) is 12.2 Å². The number of carbonyl (C=O) groups excluding carboxylic acids is 1. The summed E-state index contributed by atoms with van der Waals surface area (Å²) in [6, 6.07) is -0.394. The van der Waals surface area contributed by atoms with Gasteiger partial charge in [-0.1, -0.05) is 70.4 Å². The van der Waals surface area contributed by atoms with Crippen molar-refractivity contribution < 1.29 is 14.6 Å². The maximum Gasteiger partial charge on any atom is 0.220 e. The maximum atomic E-state index is 11.9. The zero-order valence-corrected chi connectivity index (χ0v) is 19.2. The summed E-state index contributed by atoms with van der Waals surface area (Å²) in [6.45, 7) is 2.72. The van der Waals surface area contributed by atoms with E-state index < -0.39 is 6.00 Å². The van der Waals surface area contributed by atoms with Gasteiger partial charge >= 0.3 is 0 Å². The maximum absolute atomic E-state index is 11.9. The predicted octanol–water partition coefficient (Wildman–Crippen LogP) is 5.28. The molecule has 0 aromatic rings. The van der Waals surface area contributed by atoms with E-state index in [1.54, 1.807) is 7.11 Å². The van der Waals surface area contributed by atoms with Gasteiger partial charge in [-0.15, -0.1) is 0 Å². The quantitative estimate of drug-likeness (QED) is 0.155. The Morgan fingerprint density at radius 3 is 2.07 bits per heavy atom. The summed E-state index contributed by atoms with van der Waals surface area (Å²) < 4.78 is 5.00. The van der Waals surface area contributed by atoms with Gasteiger partial charge in [-0.3, -0.25) is 4.79 Å². The lowest BCUT2D eigenvalue weighted by molar-refractivity contribution is -0.121. The molecule has 2 atom stereocenters. The number of allylic oxidation sites excluding steroid dienone is 2. The van der Waals surface area contributed by atoms with E-state index in [4.69, 9.17) is 12.6 Å². The molecule has 0 rings (SSSR count). The van der Waals surface area contributed by atoms with Crippen molar-refractivity contribution in [3.63, 3.8) is 0 Å². The second-order valence-electron chi connectivity index (χ2n) is 8.20. The Bertz CT molecular complexity index is 390. The van der Waals surface area contributed by atoms with Gasteiger partial charge in [0.1, 0.15) is 7.85 Å². The molecule has 0 aliphatic heterocycles. The minimum absolute atomic E-state index is 0.00471. The van der Waals surface area contributed by atoms with E-state index in [-0.39, 0.29) is 18.4 Å². The molecule has 0 spiro atoms. The number of ether oxygens (including phenoxy) is 1. The molecule has 168 valence electrons. The number of hydrogen-bond acceptors (Lipinski definition) is 3. The van der Waals surface area contributed by atoms with E-state index in [1.165, 1.54) is 70.6 Å². The Balaban J connectivity index is 3.42. The number of aliphatic hydroxyl groups is 1. The Labute approximate surface area is 181 Å². The van der Waals surface area contributed by atoms with Crippen LogP contribution in [-0.2, 0) is 9.53 Å². The van der Waals surface area contributed by atoms with Crippen molar-refractivity contribution in [2.75, 3.05) is 20.3 Å². The molecule has 2 N–H and O–H groups in total. The molecule has 4 nitrogen and oxygen atoms in total. The second-order valence-corrected chi connectivity index (χ2v) is 8.20. The van der Waals surface area contributed by atoms with Crippen molar-refractivity contribution in [2.45, 2.75) is 109 Å². The van der Waals surface area contributed by atoms with Crippen LogP contribution in [0.3, 0.4) is 0 Å². The van der Waals surface area contributed by atoms with Crippen LogP contribution in [0.1, 0.15) is 103 Å². The monoisotopic (exact) mass is 407 g/mol. The fraction of sp³-hybridized carbons (Fsp3) is 0.875. The summed E-state index contributed by atoms with van der Waals surface area (Å²) in [7, 11) is 7.25. The van der Waals surface area contributed by atoms with Crippen molar-refractivity contribution in [2.24, 2.45) is 5.92 Å². The lowest BCUT2D eigenvalue weighted by Crippen LogP contribution is -2.33. The summed E-state index contributed by atoms with van der Waals surface area (Å²) >= 11 is 0. The van der Waals surface area contributed by atoms with Crippen LogP contribution in [0.4, 0.5) is 0 Å². The number of methoxy groups -OCH3 is 1. The highest BCUT2D eigenvalue weighted by molar-refractivity contribution is 6.10. The molecule has 0 aliphatic rings. The number of carbonyl (C=O) groups is 1. The molecule has 1 unspecified atom stereocenters. The van der Waals surface area contributed by atoms with Gasteiger partial charge in [-0.05, 0) is 38.5 Å². The topological polar surface area (TPSA) is 58.6 Å². The minimum atomic E-state index is -0.394. The van der Waals surface area contributed by atoms with Crippen LogP contribution in [0.2, 0.25) is 0 Å². The highest BCUT2D eigenvalue weighted by Crippen LogP contribution is 2.10. The van der Waals surface area contributed by atoms with E-state index in [0.29, 0.717) is 19.4 Å². The van der Waals surface area contributed by atoms with Gasteiger partial charge in [0, 0.05) is 38.6 Å². The predicted molar refractivity (Wildman–Crippen MR) is 124 cm³/mol. The van der Waals surface area contributed by atoms with Crippen LogP contribution in [0.5, 0.6) is 0 Å². The van der Waals surface area contributed by atoms with Gasteiger partial charge in [0.2, 0.25) is 5.91 Å². The molecule has 2 radical (unpaired) electrons. The first-order valence-corrected chi connectivity index (χ1v) is 11.9. The number of amides is 1. The first kappa shape index (κ1) is 28.2. The van der Waals surface area contributed by atoms with Gasteiger partial charge in [0.15, 0.2) is 0 Å². The summed E-state index contributed by atoms with van der Waals surface area (Å²) in [5.41, 5.74) is 0. The molecule has 0 saturated carbocycles. The van der Waals surface area contributed by atoms with E-state index in [9.17, 15) is 9.90 Å². The summed E-state index contributed by atoms with van der Waals surface area (Å²) in [4.78, 5) is 11.9. The Morgan fingerprint density at radius 1 is 0.966 bits per heavy atom. The number of nitrogens with one attached hydrogen (secondary N) is 1. The highest BCUT2D eigenvalue weighted by atomic mass is 16.5. The van der Waals surface area contributed by atoms with Gasteiger partial charge in [-0.2, -0.15) is 0 Å². The van der Waals surface area contributed by atoms with Crippen molar-refractivity contribution in [1.29, 1.82) is 0 Å². The average Bonchev–Trinajstić information content (AvgIpc) is 2.73. The normalized spacial score (nSPS) is 13.6. The molecule has 5 heteroatoms. The molecule has 0 aromatic carbocycles. The van der Waals surface area contributed by atoms with Crippen LogP contribution in [0.15, 0.2) is 12.2 Å². The third kappa shape index (κ3) is 20.3. The Morgan fingerprint density at radius 2 is 1.52 bits per heavy atom. The van der Waals surface area contributed by atoms with Crippen molar-refractivity contribution >= 4 is 13.8 Å². The lowest BCUT2D eigenvalue weighted by Gasteiger charge is -2.19. The molecule has 29 heavy (non-hydrogen) atoms. The molecular weight excluding hydrogens is 361 g/mol. The SMILES string of the molecule is [B]C(C[C@@H](CO)CNC(=O)CCCCCCC/C=C\CCCCCCCC)OC. The molecular formula is C24H46BNO3. The van der Waals surface area contributed by atoms with Crippen molar-refractivity contribution in [1.82, 2.24) is 5.32 Å². The van der Waals surface area contributed by atoms with Crippen LogP contribution in [0.25, 0.3) is 0 Å². The summed E-state index contributed by atoms with van der Waals surface area (Å²) in [5.74, 6) is 0.00933. The zero-order chi connectivity index (χ0) is 21.6. The molecule has 0 heterocycles. The van der Waals surface area contributed by atoms with Gasteiger partial charge in [-0.25, -0.2) is 0 Å². The van der Waals surface area contributed by atoms with Gasteiger partial charge < -0.3 is 15.2 Å². The average molecular weight is 407 g/mol. The summed E-state index contributed by atoms with van der Waals surface area (Å²) in [6.07, 6.45) is 22.1. The first-order valence-electron chi connectivity index (χ1n) is 11.9. The Hall–Kier alpha value is -0.805. The molecule has 0 bridgehead atoms. The molecule has 0 fully saturated rings. The van der Waals surface area contributed by atoms with Crippen LogP contribution in [0, 0.1) is 5.92 Å². The van der Waals surface area contributed by atoms with E-state index >= 15 is 0 Å². The largest absolute Gasteiger partial charge is 0.396 e. The van der Waals surface area contributed by atoms with E-state index in [1.807, 2.05) is 0 Å². The Kier molecular flexibility index (Phi) is 21.3. The number of rotatable bonds is 21. The molecule has 0 aromatic heterocycles. The smallest absolute Gasteiger partial charge is 0.220 e. The minimum Gasteiger partial charge on any atom is -0.396 e. The molecule has 1 amide bonds. The third-order valence-corrected chi connectivity index (χ3v) is 5.38. The third-order valence-electron chi connectivity index (χ3n) is 5.38. The fourth-order valence-corrected chi connectivity index (χ4v) is 3.35. The molecule has 0 saturated heterocycles. The number of aliphatic hydroxyl groups excluding tert-OH is 1. The second kappa shape index (κ2) is 21.9. The van der Waals surface area contributed by atoms with Crippen LogP contribution in [-0.4, -0.2) is 45.1 Å². The standard InChI is InChI=1S/C24H46BNO3/c1-3-4-5-6-7-8-9-10-11-12-13-14-15-16-17-18-24(28)26-20-22(21-27)19-23(25)29-2/h10-11,22-23,27H,3-9,12-21H2,1-2H3,(H,26,28)/b11-10-/t22-,23?/m1/s1. The molecule has 0 aliphatic carbocycles. The summed E-state index contributed by atoms with van der Waals surface area (Å²) in [5, 5.41) is 12.2. The number of hydrogen-bond donors (Lipinski definition) is 2. The lowest BCUT2D eigenvalue weighted by atomic mass is 9.89.